The number of hydrogen-bond donors (Lipinski definition) is 1. The van der Waals surface area contributed by atoms with Gasteiger partial charge < -0.3 is 4.74 Å². The minimum Gasteiger partial charge on any atom is -0.484 e. The first kappa shape index (κ1) is 17.0. The van der Waals surface area contributed by atoms with Gasteiger partial charge in [0.1, 0.15) is 5.75 Å². The maximum Gasteiger partial charge on any atom is 0.277 e. The summed E-state index contributed by atoms with van der Waals surface area (Å²) in [4.78, 5) is 11.7. The Morgan fingerprint density at radius 3 is 2.74 bits per heavy atom. The van der Waals surface area contributed by atoms with Crippen LogP contribution in [0.2, 0.25) is 5.02 Å². The highest BCUT2D eigenvalue weighted by Crippen LogP contribution is 2.20. The smallest absolute Gasteiger partial charge is 0.277 e. The van der Waals surface area contributed by atoms with Crippen LogP contribution < -0.4 is 10.2 Å². The second kappa shape index (κ2) is 8.34. The van der Waals surface area contributed by atoms with E-state index in [0.717, 1.165) is 11.1 Å². The number of rotatable bonds is 6. The van der Waals surface area contributed by atoms with Crippen LogP contribution in [0.3, 0.4) is 0 Å². The predicted molar refractivity (Wildman–Crippen MR) is 93.2 cm³/mol. The predicted octanol–water partition coefficient (Wildman–Crippen LogP) is 3.93. The van der Waals surface area contributed by atoms with E-state index >= 15 is 0 Å². The molecular formula is C18H19ClN2O2. The second-order valence-corrected chi connectivity index (χ2v) is 5.62. The van der Waals surface area contributed by atoms with Gasteiger partial charge in [-0.15, -0.1) is 0 Å². The Morgan fingerprint density at radius 1 is 1.30 bits per heavy atom. The third kappa shape index (κ3) is 5.42. The van der Waals surface area contributed by atoms with Crippen LogP contribution in [0, 0.1) is 6.92 Å². The number of ether oxygens (including phenoxy) is 1. The number of amides is 1. The molecule has 1 N–H and O–H groups in total. The molecule has 0 saturated heterocycles. The molecule has 0 unspecified atom stereocenters. The van der Waals surface area contributed by atoms with E-state index in [1.54, 1.807) is 24.4 Å². The summed E-state index contributed by atoms with van der Waals surface area (Å²) in [5.41, 5.74) is 4.50. The molecule has 5 heteroatoms. The Bertz CT molecular complexity index is 687. The lowest BCUT2D eigenvalue weighted by Crippen LogP contribution is -2.24. The number of hydrogen-bond acceptors (Lipinski definition) is 3. The molecule has 0 bridgehead atoms. The summed E-state index contributed by atoms with van der Waals surface area (Å²) in [5.74, 6) is 0.411. The molecule has 0 spiro atoms. The number of aryl methyl sites for hydroxylation is 1. The summed E-state index contributed by atoms with van der Waals surface area (Å²) in [5, 5.41) is 4.63. The fourth-order valence-corrected chi connectivity index (χ4v) is 2.07. The van der Waals surface area contributed by atoms with Crippen LogP contribution in [0.4, 0.5) is 0 Å². The lowest BCUT2D eigenvalue weighted by atomic mass is 10.0. The van der Waals surface area contributed by atoms with E-state index < -0.39 is 0 Å². The lowest BCUT2D eigenvalue weighted by Gasteiger charge is -2.07. The van der Waals surface area contributed by atoms with Gasteiger partial charge in [-0.05, 0) is 36.2 Å². The van der Waals surface area contributed by atoms with Crippen molar-refractivity contribution in [2.24, 2.45) is 5.10 Å². The molecule has 0 fully saturated rings. The molecule has 1 atom stereocenters. The first-order valence-electron chi connectivity index (χ1n) is 7.32. The monoisotopic (exact) mass is 330 g/mol. The van der Waals surface area contributed by atoms with Gasteiger partial charge in [-0.2, -0.15) is 5.10 Å². The van der Waals surface area contributed by atoms with E-state index in [1.165, 1.54) is 0 Å². The van der Waals surface area contributed by atoms with Gasteiger partial charge in [0.15, 0.2) is 6.61 Å². The topological polar surface area (TPSA) is 50.7 Å². The summed E-state index contributed by atoms with van der Waals surface area (Å²) in [7, 11) is 0. The molecule has 4 nitrogen and oxygen atoms in total. The minimum atomic E-state index is -0.311. The van der Waals surface area contributed by atoms with Gasteiger partial charge in [0.25, 0.3) is 5.91 Å². The molecule has 23 heavy (non-hydrogen) atoms. The Hall–Kier alpha value is -2.33. The van der Waals surface area contributed by atoms with Crippen LogP contribution in [0.15, 0.2) is 53.6 Å². The molecule has 120 valence electrons. The van der Waals surface area contributed by atoms with Gasteiger partial charge in [0, 0.05) is 17.2 Å². The van der Waals surface area contributed by atoms with Crippen LogP contribution in [0.25, 0.3) is 0 Å². The third-order valence-electron chi connectivity index (χ3n) is 3.31. The van der Waals surface area contributed by atoms with Crippen LogP contribution in [0.5, 0.6) is 5.75 Å². The molecule has 0 aliphatic rings. The molecule has 0 aliphatic carbocycles. The van der Waals surface area contributed by atoms with Gasteiger partial charge >= 0.3 is 0 Å². The number of nitrogens with one attached hydrogen (secondary N) is 1. The molecular weight excluding hydrogens is 312 g/mol. The summed E-state index contributed by atoms with van der Waals surface area (Å²) in [6.45, 7) is 3.79. The molecule has 0 saturated carbocycles. The van der Waals surface area contributed by atoms with Gasteiger partial charge in [0.2, 0.25) is 0 Å². The van der Waals surface area contributed by atoms with Crippen molar-refractivity contribution in [3.63, 3.8) is 0 Å². The second-order valence-electron chi connectivity index (χ2n) is 5.21. The normalized spacial score (nSPS) is 12.1. The number of halogens is 1. The molecule has 2 aromatic rings. The quantitative estimate of drug-likeness (QED) is 0.644. The van der Waals surface area contributed by atoms with E-state index in [1.807, 2.05) is 44.2 Å². The van der Waals surface area contributed by atoms with Crippen LogP contribution in [0.1, 0.15) is 24.0 Å². The minimum absolute atomic E-state index is 0.0991. The van der Waals surface area contributed by atoms with E-state index in [4.69, 9.17) is 16.3 Å². The first-order chi connectivity index (χ1) is 11.1. The van der Waals surface area contributed by atoms with Crippen molar-refractivity contribution in [3.05, 3.63) is 64.7 Å². The number of hydrazone groups is 1. The molecule has 2 rings (SSSR count). The van der Waals surface area contributed by atoms with Crippen molar-refractivity contribution in [1.82, 2.24) is 5.43 Å². The van der Waals surface area contributed by atoms with Gasteiger partial charge in [-0.25, -0.2) is 5.43 Å². The maximum atomic E-state index is 11.7. The molecule has 0 heterocycles. The zero-order valence-corrected chi connectivity index (χ0v) is 13.9. The fraction of sp³-hybridized carbons (Fsp3) is 0.222. The average molecular weight is 331 g/mol. The molecule has 2 aromatic carbocycles. The Morgan fingerprint density at radius 2 is 2.04 bits per heavy atom. The average Bonchev–Trinajstić information content (AvgIpc) is 2.56. The third-order valence-corrected chi connectivity index (χ3v) is 3.74. The number of carbonyl (C=O) groups excluding carboxylic acids is 1. The maximum absolute atomic E-state index is 11.7. The van der Waals surface area contributed by atoms with Gasteiger partial charge in [-0.1, -0.05) is 48.9 Å². The fourth-order valence-electron chi connectivity index (χ4n) is 1.95. The van der Waals surface area contributed by atoms with Crippen molar-refractivity contribution in [2.45, 2.75) is 19.8 Å². The molecule has 0 aliphatic heterocycles. The van der Waals surface area contributed by atoms with Crippen molar-refractivity contribution in [2.75, 3.05) is 6.61 Å². The van der Waals surface area contributed by atoms with Crippen LogP contribution >= 0.6 is 11.6 Å². The Balaban J connectivity index is 1.78. The number of nitrogens with zero attached hydrogens (tertiary/aromatic N) is 1. The lowest BCUT2D eigenvalue weighted by molar-refractivity contribution is -0.123. The van der Waals surface area contributed by atoms with Crippen LogP contribution in [-0.4, -0.2) is 18.7 Å². The number of benzene rings is 2. The van der Waals surface area contributed by atoms with Gasteiger partial charge in [-0.3, -0.25) is 4.79 Å². The Kier molecular flexibility index (Phi) is 6.18. The summed E-state index contributed by atoms with van der Waals surface area (Å²) >= 11 is 5.94. The Labute approximate surface area is 141 Å². The highest BCUT2D eigenvalue weighted by Gasteiger charge is 2.04. The zero-order chi connectivity index (χ0) is 16.7. The standard InChI is InChI=1S/C18H19ClN2O2/c1-13-10-16(8-9-17(13)19)23-12-18(22)21-20-11-14(2)15-6-4-3-5-7-15/h3-11,14H,12H2,1-2H3,(H,21,22)/b20-11-/t14-/m1/s1. The SMILES string of the molecule is Cc1cc(OCC(=O)N/N=C\[C@@H](C)c2ccccc2)ccc1Cl. The first-order valence-corrected chi connectivity index (χ1v) is 7.70. The summed E-state index contributed by atoms with van der Waals surface area (Å²) in [6.07, 6.45) is 1.69. The highest BCUT2D eigenvalue weighted by atomic mass is 35.5. The largest absolute Gasteiger partial charge is 0.484 e. The van der Waals surface area contributed by atoms with Crippen LogP contribution in [-0.2, 0) is 4.79 Å². The van der Waals surface area contributed by atoms with E-state index in [9.17, 15) is 4.79 Å². The van der Waals surface area contributed by atoms with E-state index in [-0.39, 0.29) is 18.4 Å². The van der Waals surface area contributed by atoms with Crippen molar-refractivity contribution >= 4 is 23.7 Å². The molecule has 0 aromatic heterocycles. The highest BCUT2D eigenvalue weighted by molar-refractivity contribution is 6.31. The summed E-state index contributed by atoms with van der Waals surface area (Å²) < 4.78 is 5.40. The van der Waals surface area contributed by atoms with E-state index in [0.29, 0.717) is 10.8 Å². The van der Waals surface area contributed by atoms with Gasteiger partial charge in [0.05, 0.1) is 0 Å². The van der Waals surface area contributed by atoms with Crippen molar-refractivity contribution < 1.29 is 9.53 Å². The van der Waals surface area contributed by atoms with E-state index in [2.05, 4.69) is 10.5 Å². The van der Waals surface area contributed by atoms with Crippen molar-refractivity contribution in [1.29, 1.82) is 0 Å². The molecule has 0 radical (unpaired) electrons. The zero-order valence-electron chi connectivity index (χ0n) is 13.1. The van der Waals surface area contributed by atoms with Crippen molar-refractivity contribution in [3.8, 4) is 5.75 Å². The number of carbonyl (C=O) groups is 1. The molecule has 1 amide bonds. The summed E-state index contributed by atoms with van der Waals surface area (Å²) in [6, 6.07) is 15.2.